The van der Waals surface area contributed by atoms with Gasteiger partial charge in [0.1, 0.15) is 6.61 Å². The minimum absolute atomic E-state index is 0.110. The van der Waals surface area contributed by atoms with Crippen molar-refractivity contribution in [3.63, 3.8) is 0 Å². The molecule has 0 aliphatic rings. The molecule has 0 aliphatic heterocycles. The first-order valence-corrected chi connectivity index (χ1v) is 3.78. The highest BCUT2D eigenvalue weighted by Crippen LogP contribution is 2.16. The quantitative estimate of drug-likeness (QED) is 0.544. The monoisotopic (exact) mass is 196 g/mol. The van der Waals surface area contributed by atoms with Gasteiger partial charge in [-0.05, 0) is 6.07 Å². The van der Waals surface area contributed by atoms with Gasteiger partial charge in [-0.15, -0.1) is 0 Å². The summed E-state index contributed by atoms with van der Waals surface area (Å²) in [5, 5.41) is 21.1. The number of carbonyl (C=O) groups is 1. The number of aliphatic hydroxyl groups is 1. The normalized spacial score (nSPS) is 9.50. The number of nitro groups is 1. The molecule has 1 aromatic carbocycles. The summed E-state index contributed by atoms with van der Waals surface area (Å²) in [6.45, 7) is -0.650. The number of nitrogens with zero attached hydrogens (tertiary/aromatic N) is 1. The van der Waals surface area contributed by atoms with Crippen molar-refractivity contribution < 1.29 is 14.8 Å². The van der Waals surface area contributed by atoms with Gasteiger partial charge in [-0.25, -0.2) is 0 Å². The molecule has 1 aromatic rings. The minimum atomic E-state index is -0.650. The van der Waals surface area contributed by atoms with Crippen molar-refractivity contribution in [3.05, 3.63) is 34.4 Å². The van der Waals surface area contributed by atoms with Gasteiger partial charge in [0, 0.05) is 17.8 Å². The summed E-state index contributed by atoms with van der Waals surface area (Å²) in [6, 6.07) is 5.48. The first-order chi connectivity index (χ1) is 6.63. The third-order valence-electron chi connectivity index (χ3n) is 1.48. The first kappa shape index (κ1) is 10.1. The highest BCUT2D eigenvalue weighted by molar-refractivity contribution is 5.91. The SMILES string of the molecule is O=C(CO)Nc1cccc([N+](=O)[O-])c1. The van der Waals surface area contributed by atoms with Gasteiger partial charge in [0.25, 0.3) is 5.69 Å². The maximum Gasteiger partial charge on any atom is 0.271 e. The molecule has 0 saturated heterocycles. The summed E-state index contributed by atoms with van der Waals surface area (Å²) < 4.78 is 0. The molecule has 1 rings (SSSR count). The molecule has 6 heteroatoms. The van der Waals surface area contributed by atoms with E-state index in [-0.39, 0.29) is 5.69 Å². The molecule has 0 aliphatic carbocycles. The van der Waals surface area contributed by atoms with Crippen LogP contribution in [0.1, 0.15) is 0 Å². The fourth-order valence-electron chi connectivity index (χ4n) is 0.898. The molecule has 0 heterocycles. The number of rotatable bonds is 3. The predicted molar refractivity (Wildman–Crippen MR) is 48.8 cm³/mol. The lowest BCUT2D eigenvalue weighted by Gasteiger charge is -2.01. The van der Waals surface area contributed by atoms with Crippen LogP contribution in [-0.4, -0.2) is 22.5 Å². The Kier molecular flexibility index (Phi) is 3.14. The number of carbonyl (C=O) groups excluding carboxylic acids is 1. The van der Waals surface area contributed by atoms with Crippen molar-refractivity contribution in [1.29, 1.82) is 0 Å². The van der Waals surface area contributed by atoms with E-state index in [9.17, 15) is 14.9 Å². The Balaban J connectivity index is 2.83. The molecule has 14 heavy (non-hydrogen) atoms. The van der Waals surface area contributed by atoms with Crippen LogP contribution in [0.4, 0.5) is 11.4 Å². The Morgan fingerprint density at radius 3 is 2.86 bits per heavy atom. The zero-order valence-electron chi connectivity index (χ0n) is 7.14. The van der Waals surface area contributed by atoms with Gasteiger partial charge in [-0.3, -0.25) is 14.9 Å². The van der Waals surface area contributed by atoms with Crippen molar-refractivity contribution in [2.45, 2.75) is 0 Å². The second-order valence-electron chi connectivity index (χ2n) is 2.51. The van der Waals surface area contributed by atoms with Crippen molar-refractivity contribution in [1.82, 2.24) is 0 Å². The molecular formula is C8H8N2O4. The van der Waals surface area contributed by atoms with E-state index in [0.717, 1.165) is 0 Å². The van der Waals surface area contributed by atoms with Crippen molar-refractivity contribution in [2.75, 3.05) is 11.9 Å². The third kappa shape index (κ3) is 2.53. The van der Waals surface area contributed by atoms with Gasteiger partial charge in [-0.2, -0.15) is 0 Å². The van der Waals surface area contributed by atoms with Crippen LogP contribution in [0.5, 0.6) is 0 Å². The van der Waals surface area contributed by atoms with E-state index in [4.69, 9.17) is 5.11 Å². The van der Waals surface area contributed by atoms with E-state index in [2.05, 4.69) is 5.32 Å². The number of non-ortho nitro benzene ring substituents is 1. The van der Waals surface area contributed by atoms with Gasteiger partial charge in [0.05, 0.1) is 4.92 Å². The van der Waals surface area contributed by atoms with Crippen LogP contribution < -0.4 is 5.32 Å². The number of hydrogen-bond acceptors (Lipinski definition) is 4. The molecule has 6 nitrogen and oxygen atoms in total. The van der Waals surface area contributed by atoms with Crippen LogP contribution in [0.3, 0.4) is 0 Å². The molecular weight excluding hydrogens is 188 g/mol. The second-order valence-corrected chi connectivity index (χ2v) is 2.51. The van der Waals surface area contributed by atoms with E-state index in [1.165, 1.54) is 24.3 Å². The summed E-state index contributed by atoms with van der Waals surface area (Å²) in [5.41, 5.74) is 0.180. The number of nitro benzene ring substituents is 1. The molecule has 2 N–H and O–H groups in total. The zero-order chi connectivity index (χ0) is 10.6. The topological polar surface area (TPSA) is 92.5 Å². The van der Waals surface area contributed by atoms with E-state index in [1.807, 2.05) is 0 Å². The number of amides is 1. The lowest BCUT2D eigenvalue weighted by Crippen LogP contribution is -2.15. The molecule has 0 unspecified atom stereocenters. The average Bonchev–Trinajstić information content (AvgIpc) is 2.18. The van der Waals surface area contributed by atoms with E-state index >= 15 is 0 Å². The van der Waals surface area contributed by atoms with Gasteiger partial charge >= 0.3 is 0 Å². The van der Waals surface area contributed by atoms with E-state index < -0.39 is 17.4 Å². The van der Waals surface area contributed by atoms with Crippen LogP contribution >= 0.6 is 0 Å². The number of aliphatic hydroxyl groups excluding tert-OH is 1. The summed E-state index contributed by atoms with van der Waals surface area (Å²) >= 11 is 0. The summed E-state index contributed by atoms with van der Waals surface area (Å²) in [4.78, 5) is 20.5. The molecule has 0 fully saturated rings. The van der Waals surface area contributed by atoms with Gasteiger partial charge in [0.2, 0.25) is 5.91 Å². The van der Waals surface area contributed by atoms with E-state index in [1.54, 1.807) is 0 Å². The smallest absolute Gasteiger partial charge is 0.271 e. The standard InChI is InChI=1S/C8H8N2O4/c11-5-8(12)9-6-2-1-3-7(4-6)10(13)14/h1-4,11H,5H2,(H,9,12). The van der Waals surface area contributed by atoms with Gasteiger partial charge < -0.3 is 10.4 Å². The maximum absolute atomic E-state index is 10.7. The highest BCUT2D eigenvalue weighted by atomic mass is 16.6. The van der Waals surface area contributed by atoms with Gasteiger partial charge in [0.15, 0.2) is 0 Å². The number of nitrogens with one attached hydrogen (secondary N) is 1. The van der Waals surface area contributed by atoms with Crippen LogP contribution in [0.15, 0.2) is 24.3 Å². The molecule has 74 valence electrons. The molecule has 0 spiro atoms. The Hall–Kier alpha value is -1.95. The Morgan fingerprint density at radius 2 is 2.29 bits per heavy atom. The zero-order valence-corrected chi connectivity index (χ0v) is 7.14. The van der Waals surface area contributed by atoms with Crippen LogP contribution in [0, 0.1) is 10.1 Å². The highest BCUT2D eigenvalue weighted by Gasteiger charge is 2.06. The van der Waals surface area contributed by atoms with Crippen LogP contribution in [-0.2, 0) is 4.79 Å². The Bertz CT molecular complexity index is 364. The lowest BCUT2D eigenvalue weighted by molar-refractivity contribution is -0.384. The fraction of sp³-hybridized carbons (Fsp3) is 0.125. The minimum Gasteiger partial charge on any atom is -0.387 e. The molecule has 0 aromatic heterocycles. The van der Waals surface area contributed by atoms with Crippen molar-refractivity contribution >= 4 is 17.3 Å². The third-order valence-corrected chi connectivity index (χ3v) is 1.48. The maximum atomic E-state index is 10.7. The second kappa shape index (κ2) is 4.33. The van der Waals surface area contributed by atoms with Gasteiger partial charge in [-0.1, -0.05) is 6.07 Å². The van der Waals surface area contributed by atoms with Crippen LogP contribution in [0.2, 0.25) is 0 Å². The Labute approximate surface area is 79.3 Å². The number of anilines is 1. The largest absolute Gasteiger partial charge is 0.387 e. The molecule has 0 atom stereocenters. The summed E-state index contributed by atoms with van der Waals surface area (Å²) in [5.74, 6) is -0.606. The summed E-state index contributed by atoms with van der Waals surface area (Å²) in [7, 11) is 0. The molecule has 0 bridgehead atoms. The fourth-order valence-corrected chi connectivity index (χ4v) is 0.898. The lowest BCUT2D eigenvalue weighted by atomic mass is 10.3. The van der Waals surface area contributed by atoms with Crippen molar-refractivity contribution in [3.8, 4) is 0 Å². The summed E-state index contributed by atoms with van der Waals surface area (Å²) in [6.07, 6.45) is 0. The average molecular weight is 196 g/mol. The first-order valence-electron chi connectivity index (χ1n) is 3.78. The molecule has 0 radical (unpaired) electrons. The van der Waals surface area contributed by atoms with Crippen LogP contribution in [0.25, 0.3) is 0 Å². The van der Waals surface area contributed by atoms with E-state index in [0.29, 0.717) is 5.69 Å². The Morgan fingerprint density at radius 1 is 1.57 bits per heavy atom. The molecule has 0 saturated carbocycles. The predicted octanol–water partition coefficient (Wildman–Crippen LogP) is 0.526. The molecule has 1 amide bonds. The van der Waals surface area contributed by atoms with Crippen molar-refractivity contribution in [2.24, 2.45) is 0 Å². The number of hydrogen-bond donors (Lipinski definition) is 2. The number of benzene rings is 1.